The maximum absolute atomic E-state index is 9.73. The number of nitrogens with zero attached hydrogens (tertiary/aromatic N) is 1. The number of aliphatic hydroxyl groups is 1. The Labute approximate surface area is 162 Å². The minimum Gasteiger partial charge on any atom is -0.493 e. The third-order valence-corrected chi connectivity index (χ3v) is 4.80. The van der Waals surface area contributed by atoms with Crippen molar-refractivity contribution in [1.82, 2.24) is 10.6 Å². The lowest BCUT2D eigenvalue weighted by Gasteiger charge is -2.23. The number of amidine groups is 1. The van der Waals surface area contributed by atoms with Gasteiger partial charge in [-0.3, -0.25) is 0 Å². The first kappa shape index (κ1) is 20.7. The predicted molar refractivity (Wildman–Crippen MR) is 113 cm³/mol. The number of nitrogens with one attached hydrogen (secondary N) is 2. The molecule has 1 aliphatic heterocycles. The van der Waals surface area contributed by atoms with Crippen molar-refractivity contribution in [3.63, 3.8) is 0 Å². The minimum atomic E-state index is 0.0570. The second-order valence-electron chi connectivity index (χ2n) is 7.14. The number of hydrogen-bond donors (Lipinski definition) is 5. The van der Waals surface area contributed by atoms with E-state index in [1.165, 1.54) is 31.3 Å². The Bertz CT molecular complexity index is 706. The molecule has 0 atom stereocenters. The molecule has 6 nitrogen and oxygen atoms in total. The number of aliphatic hydroxyl groups excluding tert-OH is 1. The summed E-state index contributed by atoms with van der Waals surface area (Å²) in [5.74, 6) is 1.04. The third-order valence-electron chi connectivity index (χ3n) is 4.80. The number of aliphatic imine (C=N–C) groups is 1. The molecule has 1 saturated carbocycles. The minimum absolute atomic E-state index is 0.0570. The fourth-order valence-corrected chi connectivity index (χ4v) is 3.63. The highest BCUT2D eigenvalue weighted by molar-refractivity contribution is 5.92. The van der Waals surface area contributed by atoms with Crippen LogP contribution in [0, 0.1) is 5.92 Å². The van der Waals surface area contributed by atoms with Crippen LogP contribution in [0.25, 0.3) is 0 Å². The maximum atomic E-state index is 9.73. The molecule has 2 aliphatic rings. The Morgan fingerprint density at radius 2 is 2.15 bits per heavy atom. The molecular weight excluding hydrogens is 338 g/mol. The van der Waals surface area contributed by atoms with E-state index >= 15 is 0 Å². The predicted octanol–water partition coefficient (Wildman–Crippen LogP) is 3.09. The van der Waals surface area contributed by atoms with Gasteiger partial charge in [-0.15, -0.1) is 0 Å². The van der Waals surface area contributed by atoms with Gasteiger partial charge in [-0.2, -0.15) is 0 Å². The number of hydrogen-bond acceptors (Lipinski definition) is 5. The fraction of sp³-hybridized carbons (Fsp3) is 0.476. The van der Waals surface area contributed by atoms with Gasteiger partial charge in [0.15, 0.2) is 0 Å². The molecule has 0 amide bonds. The Morgan fingerprint density at radius 1 is 1.44 bits per heavy atom. The maximum Gasteiger partial charge on any atom is 0.208 e. The summed E-state index contributed by atoms with van der Waals surface area (Å²) in [5, 5.41) is 16.1. The number of nitrogens with two attached hydrogens (primary N) is 2. The standard InChI is InChI=1S/C21H33N5O/c1-4-24-17(12-20(23)26-14(2)3)9-10-18(15-7-5-6-8-15)16-11-19(22)21(27)25-13-16/h10-12,15,24-25,27H,2,4-9,13,22H2,1,3H3,(H2,23,26)/b17-12+,18-10+. The average Bonchev–Trinajstić information content (AvgIpc) is 3.11. The van der Waals surface area contributed by atoms with E-state index in [0.29, 0.717) is 29.7 Å². The van der Waals surface area contributed by atoms with Gasteiger partial charge in [0.25, 0.3) is 0 Å². The summed E-state index contributed by atoms with van der Waals surface area (Å²) < 4.78 is 0. The molecule has 1 aliphatic carbocycles. The molecule has 27 heavy (non-hydrogen) atoms. The van der Waals surface area contributed by atoms with E-state index in [2.05, 4.69) is 35.2 Å². The molecule has 2 rings (SSSR count). The highest BCUT2D eigenvalue weighted by atomic mass is 16.3. The molecular formula is C21H33N5O. The molecule has 148 valence electrons. The fourth-order valence-electron chi connectivity index (χ4n) is 3.63. The SMILES string of the molecule is C=C(C)N=C(N)/C=C(\C/C=C(/C1=CC(N)=C(O)NC1)C1CCCC1)NCC. The Kier molecular flexibility index (Phi) is 7.58. The first-order valence-electron chi connectivity index (χ1n) is 9.68. The van der Waals surface area contributed by atoms with Crippen molar-refractivity contribution in [2.45, 2.75) is 46.0 Å². The van der Waals surface area contributed by atoms with Crippen LogP contribution in [-0.4, -0.2) is 24.0 Å². The molecule has 7 N–H and O–H groups in total. The van der Waals surface area contributed by atoms with Crippen molar-refractivity contribution in [2.24, 2.45) is 22.4 Å². The summed E-state index contributed by atoms with van der Waals surface area (Å²) in [5.41, 5.74) is 16.5. The average molecular weight is 372 g/mol. The summed E-state index contributed by atoms with van der Waals surface area (Å²) >= 11 is 0. The number of allylic oxidation sites excluding steroid dienone is 3. The van der Waals surface area contributed by atoms with Crippen LogP contribution in [0.4, 0.5) is 0 Å². The van der Waals surface area contributed by atoms with E-state index in [1.54, 1.807) is 0 Å². The van der Waals surface area contributed by atoms with E-state index in [-0.39, 0.29) is 5.88 Å². The van der Waals surface area contributed by atoms with Crippen molar-refractivity contribution < 1.29 is 5.11 Å². The first-order chi connectivity index (χ1) is 12.9. The molecule has 0 spiro atoms. The molecule has 0 unspecified atom stereocenters. The normalized spacial score (nSPS) is 19.8. The molecule has 6 heteroatoms. The molecule has 0 radical (unpaired) electrons. The lowest BCUT2D eigenvalue weighted by Crippen LogP contribution is -2.26. The van der Waals surface area contributed by atoms with Crippen molar-refractivity contribution >= 4 is 5.84 Å². The Hall–Kier alpha value is -2.63. The van der Waals surface area contributed by atoms with Crippen LogP contribution < -0.4 is 22.1 Å². The van der Waals surface area contributed by atoms with Crippen LogP contribution in [0.5, 0.6) is 0 Å². The van der Waals surface area contributed by atoms with Crippen LogP contribution in [-0.2, 0) is 0 Å². The van der Waals surface area contributed by atoms with Gasteiger partial charge < -0.3 is 27.2 Å². The van der Waals surface area contributed by atoms with Gasteiger partial charge in [0.2, 0.25) is 5.88 Å². The summed E-state index contributed by atoms with van der Waals surface area (Å²) in [6.45, 7) is 9.05. The monoisotopic (exact) mass is 371 g/mol. The summed E-state index contributed by atoms with van der Waals surface area (Å²) in [6, 6.07) is 0. The second kappa shape index (κ2) is 9.90. The quantitative estimate of drug-likeness (QED) is 0.333. The third kappa shape index (κ3) is 6.24. The molecule has 0 aromatic rings. The van der Waals surface area contributed by atoms with Crippen LogP contribution in [0.15, 0.2) is 63.9 Å². The summed E-state index contributed by atoms with van der Waals surface area (Å²) in [6.07, 6.45) is 11.7. The zero-order valence-electron chi connectivity index (χ0n) is 16.5. The largest absolute Gasteiger partial charge is 0.493 e. The van der Waals surface area contributed by atoms with Crippen LogP contribution in [0.1, 0.15) is 46.0 Å². The van der Waals surface area contributed by atoms with E-state index in [0.717, 1.165) is 24.2 Å². The van der Waals surface area contributed by atoms with Crippen molar-refractivity contribution in [2.75, 3.05) is 13.1 Å². The summed E-state index contributed by atoms with van der Waals surface area (Å²) in [7, 11) is 0. The smallest absolute Gasteiger partial charge is 0.208 e. The van der Waals surface area contributed by atoms with Crippen molar-refractivity contribution in [3.8, 4) is 0 Å². The Balaban J connectivity index is 2.28. The molecule has 1 heterocycles. The zero-order chi connectivity index (χ0) is 19.8. The highest BCUT2D eigenvalue weighted by Gasteiger charge is 2.23. The van der Waals surface area contributed by atoms with Crippen LogP contribution in [0.3, 0.4) is 0 Å². The number of dihydropyridines is 1. The lowest BCUT2D eigenvalue weighted by molar-refractivity contribution is 0.359. The van der Waals surface area contributed by atoms with Gasteiger partial charge in [-0.1, -0.05) is 25.5 Å². The molecule has 0 bridgehead atoms. The van der Waals surface area contributed by atoms with E-state index in [4.69, 9.17) is 11.5 Å². The van der Waals surface area contributed by atoms with Gasteiger partial charge in [-0.25, -0.2) is 4.99 Å². The first-order valence-corrected chi connectivity index (χ1v) is 9.68. The Morgan fingerprint density at radius 3 is 2.74 bits per heavy atom. The van der Waals surface area contributed by atoms with Gasteiger partial charge in [-0.05, 0) is 55.9 Å². The molecule has 0 saturated heterocycles. The molecule has 0 aromatic heterocycles. The molecule has 0 aromatic carbocycles. The number of rotatable bonds is 8. The van der Waals surface area contributed by atoms with E-state index in [9.17, 15) is 5.11 Å². The van der Waals surface area contributed by atoms with Crippen molar-refractivity contribution in [1.29, 1.82) is 0 Å². The van der Waals surface area contributed by atoms with Gasteiger partial charge in [0, 0.05) is 30.9 Å². The van der Waals surface area contributed by atoms with E-state index < -0.39 is 0 Å². The molecule has 1 fully saturated rings. The second-order valence-corrected chi connectivity index (χ2v) is 7.14. The zero-order valence-corrected chi connectivity index (χ0v) is 16.5. The topological polar surface area (TPSA) is 109 Å². The lowest BCUT2D eigenvalue weighted by atomic mass is 9.88. The van der Waals surface area contributed by atoms with E-state index in [1.807, 2.05) is 19.1 Å². The van der Waals surface area contributed by atoms with Crippen molar-refractivity contribution in [3.05, 3.63) is 58.9 Å². The van der Waals surface area contributed by atoms with Gasteiger partial charge in [0.05, 0.1) is 5.70 Å². The van der Waals surface area contributed by atoms with Gasteiger partial charge in [0.1, 0.15) is 5.84 Å². The van der Waals surface area contributed by atoms with Gasteiger partial charge >= 0.3 is 0 Å². The van der Waals surface area contributed by atoms with Crippen LogP contribution in [0.2, 0.25) is 0 Å². The van der Waals surface area contributed by atoms with Crippen LogP contribution >= 0.6 is 0 Å². The highest BCUT2D eigenvalue weighted by Crippen LogP contribution is 2.36. The summed E-state index contributed by atoms with van der Waals surface area (Å²) in [4.78, 5) is 4.20.